The predicted molar refractivity (Wildman–Crippen MR) is 94.3 cm³/mol. The minimum Gasteiger partial charge on any atom is -0.273 e. The van der Waals surface area contributed by atoms with Crippen LogP contribution in [0, 0.1) is 19.8 Å². The molecule has 1 amide bonds. The average molecular weight is 437 g/mol. The maximum absolute atomic E-state index is 13.1. The van der Waals surface area contributed by atoms with Crippen LogP contribution in [-0.2, 0) is 11.3 Å². The summed E-state index contributed by atoms with van der Waals surface area (Å²) in [6.45, 7) is 7.64. The third-order valence-corrected chi connectivity index (χ3v) is 5.50. The molecule has 2 heterocycles. The monoisotopic (exact) mass is 436 g/mol. The second kappa shape index (κ2) is 8.26. The number of hydrogen-bond donors (Lipinski definition) is 1. The number of halogens is 3. The first-order valence-corrected chi connectivity index (χ1v) is 9.40. The highest BCUT2D eigenvalue weighted by Gasteiger charge is 2.24. The SMILES string of the molecule is CCSc1nnc(C(F)F)n1NC(=O)[C@@H](C)Cn1nc(C)c(Br)c1C. The second-order valence-corrected chi connectivity index (χ2v) is 7.48. The van der Waals surface area contributed by atoms with Crippen molar-refractivity contribution in [3.05, 3.63) is 21.7 Å². The summed E-state index contributed by atoms with van der Waals surface area (Å²) in [6, 6.07) is 0. The lowest BCUT2D eigenvalue weighted by atomic mass is 10.1. The zero-order valence-electron chi connectivity index (χ0n) is 14.3. The molecule has 11 heteroatoms. The van der Waals surface area contributed by atoms with Gasteiger partial charge >= 0.3 is 0 Å². The number of hydrogen-bond acceptors (Lipinski definition) is 5. The number of amides is 1. The smallest absolute Gasteiger partial charge is 0.273 e. The molecule has 0 aliphatic rings. The zero-order valence-corrected chi connectivity index (χ0v) is 16.7. The zero-order chi connectivity index (χ0) is 18.7. The van der Waals surface area contributed by atoms with E-state index in [0.717, 1.165) is 20.5 Å². The molecule has 0 saturated heterocycles. The molecule has 2 aromatic rings. The molecule has 0 saturated carbocycles. The molecule has 2 aromatic heterocycles. The van der Waals surface area contributed by atoms with Crippen LogP contribution >= 0.6 is 27.7 Å². The molecule has 0 aliphatic carbocycles. The molecule has 0 spiro atoms. The lowest BCUT2D eigenvalue weighted by Gasteiger charge is -2.16. The van der Waals surface area contributed by atoms with Crippen LogP contribution in [0.2, 0.25) is 0 Å². The molecule has 2 rings (SSSR count). The number of carbonyl (C=O) groups is 1. The Labute approximate surface area is 156 Å². The van der Waals surface area contributed by atoms with E-state index >= 15 is 0 Å². The fourth-order valence-electron chi connectivity index (χ4n) is 2.17. The van der Waals surface area contributed by atoms with Crippen molar-refractivity contribution in [1.29, 1.82) is 0 Å². The van der Waals surface area contributed by atoms with Crippen molar-refractivity contribution in [3.8, 4) is 0 Å². The van der Waals surface area contributed by atoms with E-state index in [1.807, 2.05) is 20.8 Å². The van der Waals surface area contributed by atoms with Gasteiger partial charge in [-0.25, -0.2) is 13.5 Å². The number of thioether (sulfide) groups is 1. The number of aromatic nitrogens is 5. The van der Waals surface area contributed by atoms with E-state index < -0.39 is 24.1 Å². The first-order valence-electron chi connectivity index (χ1n) is 7.62. The van der Waals surface area contributed by atoms with Gasteiger partial charge in [0.2, 0.25) is 16.9 Å². The van der Waals surface area contributed by atoms with E-state index in [0.29, 0.717) is 12.3 Å². The molecule has 0 aromatic carbocycles. The number of aryl methyl sites for hydroxylation is 1. The van der Waals surface area contributed by atoms with Gasteiger partial charge < -0.3 is 0 Å². The Hall–Kier alpha value is -1.49. The molecule has 0 bridgehead atoms. The van der Waals surface area contributed by atoms with Gasteiger partial charge in [-0.05, 0) is 35.5 Å². The molecular weight excluding hydrogens is 418 g/mol. The summed E-state index contributed by atoms with van der Waals surface area (Å²) in [5.74, 6) is -0.863. The Morgan fingerprint density at radius 2 is 2.04 bits per heavy atom. The maximum Gasteiger partial charge on any atom is 0.299 e. The lowest BCUT2D eigenvalue weighted by Crippen LogP contribution is -2.32. The van der Waals surface area contributed by atoms with Crippen LogP contribution in [0.3, 0.4) is 0 Å². The first kappa shape index (κ1) is 19.8. The molecule has 7 nitrogen and oxygen atoms in total. The third-order valence-electron chi connectivity index (χ3n) is 3.54. The number of alkyl halides is 2. The normalized spacial score (nSPS) is 12.6. The standard InChI is InChI=1S/C14H19BrF2N6OS/c1-5-25-14-19-18-12(11(16)17)23(14)21-13(24)7(2)6-22-9(4)10(15)8(3)20-22/h7,11H,5-6H2,1-4H3,(H,21,24)/t7-/m0/s1. The second-order valence-electron chi connectivity index (χ2n) is 5.45. The van der Waals surface area contributed by atoms with E-state index in [1.165, 1.54) is 11.8 Å². The van der Waals surface area contributed by atoms with Gasteiger partial charge in [0.05, 0.1) is 22.6 Å². The Morgan fingerprint density at radius 1 is 1.36 bits per heavy atom. The van der Waals surface area contributed by atoms with Crippen molar-refractivity contribution < 1.29 is 13.6 Å². The van der Waals surface area contributed by atoms with Crippen LogP contribution in [0.15, 0.2) is 9.63 Å². The van der Waals surface area contributed by atoms with Crippen LogP contribution < -0.4 is 5.43 Å². The fourth-order valence-corrected chi connectivity index (χ4v) is 3.07. The van der Waals surface area contributed by atoms with Crippen molar-refractivity contribution in [2.45, 2.75) is 45.8 Å². The highest BCUT2D eigenvalue weighted by Crippen LogP contribution is 2.23. The molecule has 0 radical (unpaired) electrons. The summed E-state index contributed by atoms with van der Waals surface area (Å²) in [5.41, 5.74) is 4.21. The van der Waals surface area contributed by atoms with Gasteiger partial charge in [0.1, 0.15) is 0 Å². The van der Waals surface area contributed by atoms with E-state index in [4.69, 9.17) is 0 Å². The number of carbonyl (C=O) groups excluding carboxylic acids is 1. The van der Waals surface area contributed by atoms with Gasteiger partial charge in [-0.2, -0.15) is 5.10 Å². The van der Waals surface area contributed by atoms with Crippen molar-refractivity contribution >= 4 is 33.6 Å². The van der Waals surface area contributed by atoms with Crippen molar-refractivity contribution in [2.75, 3.05) is 11.2 Å². The third kappa shape index (κ3) is 4.38. The predicted octanol–water partition coefficient (Wildman–Crippen LogP) is 3.31. The van der Waals surface area contributed by atoms with Gasteiger partial charge in [-0.15, -0.1) is 10.2 Å². The molecule has 138 valence electrons. The molecule has 1 atom stereocenters. The Morgan fingerprint density at radius 3 is 2.56 bits per heavy atom. The van der Waals surface area contributed by atoms with Crippen molar-refractivity contribution in [1.82, 2.24) is 24.7 Å². The highest BCUT2D eigenvalue weighted by atomic mass is 79.9. The largest absolute Gasteiger partial charge is 0.299 e. The van der Waals surface area contributed by atoms with Crippen LogP contribution in [0.1, 0.15) is 37.5 Å². The summed E-state index contributed by atoms with van der Waals surface area (Å²) in [7, 11) is 0. The van der Waals surface area contributed by atoms with Crippen LogP contribution in [-0.4, -0.2) is 36.3 Å². The fraction of sp³-hybridized carbons (Fsp3) is 0.571. The highest BCUT2D eigenvalue weighted by molar-refractivity contribution is 9.10. The van der Waals surface area contributed by atoms with Gasteiger partial charge in [0.15, 0.2) is 0 Å². The van der Waals surface area contributed by atoms with Crippen LogP contribution in [0.5, 0.6) is 0 Å². The first-order chi connectivity index (χ1) is 11.8. The molecular formula is C14H19BrF2N6OS. The average Bonchev–Trinajstić information content (AvgIpc) is 3.05. The number of rotatable bonds is 7. The minimum atomic E-state index is -2.83. The Bertz CT molecular complexity index is 763. The maximum atomic E-state index is 13.1. The van der Waals surface area contributed by atoms with Crippen molar-refractivity contribution in [2.24, 2.45) is 5.92 Å². The van der Waals surface area contributed by atoms with Gasteiger partial charge in [-0.3, -0.25) is 14.9 Å². The van der Waals surface area contributed by atoms with Gasteiger partial charge in [0.25, 0.3) is 6.43 Å². The summed E-state index contributed by atoms with van der Waals surface area (Å²) < 4.78 is 29.7. The van der Waals surface area contributed by atoms with Crippen LogP contribution in [0.25, 0.3) is 0 Å². The summed E-state index contributed by atoms with van der Waals surface area (Å²) in [6.07, 6.45) is -2.83. The summed E-state index contributed by atoms with van der Waals surface area (Å²) >= 11 is 4.66. The Kier molecular flexibility index (Phi) is 6.55. The summed E-state index contributed by atoms with van der Waals surface area (Å²) in [4.78, 5) is 12.5. The number of nitrogens with zero attached hydrogens (tertiary/aromatic N) is 5. The Balaban J connectivity index is 2.15. The van der Waals surface area contributed by atoms with Gasteiger partial charge in [-0.1, -0.05) is 25.6 Å². The molecule has 25 heavy (non-hydrogen) atoms. The molecule has 1 N–H and O–H groups in total. The van der Waals surface area contributed by atoms with E-state index in [-0.39, 0.29) is 5.16 Å². The van der Waals surface area contributed by atoms with Gasteiger partial charge in [0, 0.05) is 5.69 Å². The van der Waals surface area contributed by atoms with Crippen LogP contribution in [0.4, 0.5) is 8.78 Å². The van der Waals surface area contributed by atoms with E-state index in [9.17, 15) is 13.6 Å². The van der Waals surface area contributed by atoms with Crippen molar-refractivity contribution in [3.63, 3.8) is 0 Å². The minimum absolute atomic E-state index is 0.229. The van der Waals surface area contributed by atoms with E-state index in [2.05, 4.69) is 36.7 Å². The summed E-state index contributed by atoms with van der Waals surface area (Å²) in [5, 5.41) is 11.8. The van der Waals surface area contributed by atoms with E-state index in [1.54, 1.807) is 11.6 Å². The molecule has 0 fully saturated rings. The molecule has 0 aliphatic heterocycles. The number of nitrogens with one attached hydrogen (secondary N) is 1. The molecule has 0 unspecified atom stereocenters. The quantitative estimate of drug-likeness (QED) is 0.673. The topological polar surface area (TPSA) is 77.6 Å². The lowest BCUT2D eigenvalue weighted by molar-refractivity contribution is -0.120.